The third-order valence-electron chi connectivity index (χ3n) is 3.80. The van der Waals surface area contributed by atoms with E-state index in [0.29, 0.717) is 28.8 Å². The van der Waals surface area contributed by atoms with Gasteiger partial charge in [0.1, 0.15) is 11.5 Å². The van der Waals surface area contributed by atoms with Crippen LogP contribution in [0.1, 0.15) is 16.7 Å². The molecule has 0 unspecified atom stereocenters. The van der Waals surface area contributed by atoms with Crippen molar-refractivity contribution in [3.8, 4) is 11.5 Å². The molecule has 0 aliphatic carbocycles. The molecule has 6 heteroatoms. The maximum absolute atomic E-state index is 9.71. The lowest BCUT2D eigenvalue weighted by Crippen LogP contribution is -2.28. The number of fused-ring (bicyclic) bond motifs is 1. The second kappa shape index (κ2) is 5.66. The van der Waals surface area contributed by atoms with E-state index < -0.39 is 7.12 Å². The highest BCUT2D eigenvalue weighted by molar-refractivity contribution is 6.61. The fourth-order valence-corrected chi connectivity index (χ4v) is 2.87. The first-order chi connectivity index (χ1) is 10.5. The first kappa shape index (κ1) is 14.9. The molecule has 1 aliphatic heterocycles. The molecule has 2 aromatic rings. The summed E-state index contributed by atoms with van der Waals surface area (Å²) >= 11 is 6.11. The van der Waals surface area contributed by atoms with Crippen molar-refractivity contribution in [2.24, 2.45) is 0 Å². The van der Waals surface area contributed by atoms with Crippen molar-refractivity contribution < 1.29 is 14.4 Å². The molecule has 0 saturated carbocycles. The molecule has 0 aromatic heterocycles. The zero-order valence-corrected chi connectivity index (χ0v) is 12.9. The standard InChI is InChI=1S/C16H13BClNO3/c1-9-6-11(7-14(18)16(9)19-3)22-15-5-4-13-12(10(15)2)8-21-17(13)20/h4-7,20H,8H2,1-2H3. The van der Waals surface area contributed by atoms with E-state index in [1.165, 1.54) is 0 Å². The van der Waals surface area contributed by atoms with Gasteiger partial charge < -0.3 is 14.4 Å². The maximum Gasteiger partial charge on any atom is 0.491 e. The Morgan fingerprint density at radius 2 is 2.14 bits per heavy atom. The van der Waals surface area contributed by atoms with Gasteiger partial charge >= 0.3 is 7.12 Å². The number of ether oxygens (including phenoxy) is 1. The van der Waals surface area contributed by atoms with Gasteiger partial charge in [-0.2, -0.15) is 0 Å². The van der Waals surface area contributed by atoms with E-state index in [2.05, 4.69) is 4.85 Å². The molecule has 22 heavy (non-hydrogen) atoms. The van der Waals surface area contributed by atoms with Gasteiger partial charge in [-0.3, -0.25) is 0 Å². The summed E-state index contributed by atoms with van der Waals surface area (Å²) < 4.78 is 11.1. The topological polar surface area (TPSA) is 43.0 Å². The highest BCUT2D eigenvalue weighted by atomic mass is 35.5. The van der Waals surface area contributed by atoms with Gasteiger partial charge in [0.05, 0.1) is 18.2 Å². The third kappa shape index (κ3) is 2.46. The lowest BCUT2D eigenvalue weighted by Gasteiger charge is -2.13. The van der Waals surface area contributed by atoms with E-state index in [4.69, 9.17) is 27.6 Å². The van der Waals surface area contributed by atoms with Gasteiger partial charge in [0, 0.05) is 0 Å². The van der Waals surface area contributed by atoms with Crippen molar-refractivity contribution in [3.63, 3.8) is 0 Å². The predicted molar refractivity (Wildman–Crippen MR) is 86.1 cm³/mol. The van der Waals surface area contributed by atoms with Crippen LogP contribution in [0.15, 0.2) is 24.3 Å². The molecule has 1 N–H and O–H groups in total. The van der Waals surface area contributed by atoms with E-state index >= 15 is 0 Å². The van der Waals surface area contributed by atoms with Crippen LogP contribution in [0, 0.1) is 20.4 Å². The van der Waals surface area contributed by atoms with Crippen molar-refractivity contribution in [2.75, 3.05) is 0 Å². The summed E-state index contributed by atoms with van der Waals surface area (Å²) in [6, 6.07) is 7.03. The van der Waals surface area contributed by atoms with E-state index in [1.54, 1.807) is 24.3 Å². The number of hydrogen-bond acceptors (Lipinski definition) is 3. The Morgan fingerprint density at radius 3 is 2.82 bits per heavy atom. The van der Waals surface area contributed by atoms with Gasteiger partial charge in [0.2, 0.25) is 5.69 Å². The van der Waals surface area contributed by atoms with Gasteiger partial charge in [-0.05, 0) is 54.2 Å². The van der Waals surface area contributed by atoms with Gasteiger partial charge in [-0.25, -0.2) is 4.85 Å². The van der Waals surface area contributed by atoms with E-state index in [-0.39, 0.29) is 0 Å². The minimum atomic E-state index is -0.864. The molecule has 0 bridgehead atoms. The number of halogens is 1. The van der Waals surface area contributed by atoms with Crippen LogP contribution in [0.5, 0.6) is 11.5 Å². The maximum atomic E-state index is 9.71. The van der Waals surface area contributed by atoms with Crippen molar-refractivity contribution in [3.05, 3.63) is 57.4 Å². The fraction of sp³-hybridized carbons (Fsp3) is 0.188. The molecule has 0 atom stereocenters. The Morgan fingerprint density at radius 1 is 1.36 bits per heavy atom. The first-order valence-corrected chi connectivity index (χ1v) is 7.16. The molecule has 0 saturated heterocycles. The summed E-state index contributed by atoms with van der Waals surface area (Å²) in [5, 5.41) is 10.1. The van der Waals surface area contributed by atoms with Gasteiger partial charge in [-0.1, -0.05) is 17.7 Å². The molecule has 0 radical (unpaired) electrons. The van der Waals surface area contributed by atoms with Crippen LogP contribution in [0.4, 0.5) is 5.69 Å². The summed E-state index contributed by atoms with van der Waals surface area (Å²) in [6.07, 6.45) is 0. The summed E-state index contributed by atoms with van der Waals surface area (Å²) in [5.74, 6) is 1.26. The van der Waals surface area contributed by atoms with E-state index in [1.807, 2.05) is 13.8 Å². The van der Waals surface area contributed by atoms with Gasteiger partial charge in [0.25, 0.3) is 0 Å². The predicted octanol–water partition coefficient (Wildman–Crippen LogP) is 3.52. The smallest absolute Gasteiger partial charge is 0.457 e. The molecule has 2 aromatic carbocycles. The van der Waals surface area contributed by atoms with Crippen molar-refractivity contribution in [2.45, 2.75) is 20.5 Å². The molecular formula is C16H13BClNO3. The summed E-state index contributed by atoms with van der Waals surface area (Å²) in [6.45, 7) is 11.2. The Kier molecular flexibility index (Phi) is 3.84. The molecular weight excluding hydrogens is 300 g/mol. The van der Waals surface area contributed by atoms with Crippen LogP contribution < -0.4 is 10.2 Å². The highest BCUT2D eigenvalue weighted by Crippen LogP contribution is 2.36. The number of hydrogen-bond donors (Lipinski definition) is 1. The lowest BCUT2D eigenvalue weighted by atomic mass is 9.78. The average molecular weight is 314 g/mol. The molecule has 0 amide bonds. The van der Waals surface area contributed by atoms with Crippen molar-refractivity contribution in [1.82, 2.24) is 0 Å². The molecule has 0 fully saturated rings. The Hall–Kier alpha value is -2.00. The summed E-state index contributed by atoms with van der Waals surface area (Å²) in [4.78, 5) is 3.41. The minimum Gasteiger partial charge on any atom is -0.457 e. The normalized spacial score (nSPS) is 13.0. The lowest BCUT2D eigenvalue weighted by molar-refractivity contribution is 0.274. The largest absolute Gasteiger partial charge is 0.491 e. The quantitative estimate of drug-likeness (QED) is 0.681. The van der Waals surface area contributed by atoms with E-state index in [9.17, 15) is 5.02 Å². The van der Waals surface area contributed by atoms with Crippen LogP contribution in [-0.4, -0.2) is 12.1 Å². The van der Waals surface area contributed by atoms with E-state index in [0.717, 1.165) is 22.2 Å². The Balaban J connectivity index is 1.97. The zero-order valence-electron chi connectivity index (χ0n) is 12.2. The molecule has 1 aliphatic rings. The molecule has 4 nitrogen and oxygen atoms in total. The number of benzene rings is 2. The van der Waals surface area contributed by atoms with Crippen LogP contribution in [0.2, 0.25) is 5.02 Å². The van der Waals surface area contributed by atoms with Crippen molar-refractivity contribution in [1.29, 1.82) is 0 Å². The second-order valence-electron chi connectivity index (χ2n) is 5.20. The monoisotopic (exact) mass is 313 g/mol. The Bertz CT molecular complexity index is 778. The molecule has 3 rings (SSSR count). The van der Waals surface area contributed by atoms with Crippen LogP contribution in [0.3, 0.4) is 0 Å². The van der Waals surface area contributed by atoms with Crippen LogP contribution >= 0.6 is 11.6 Å². The molecule has 0 spiro atoms. The molecule has 1 heterocycles. The second-order valence-corrected chi connectivity index (χ2v) is 5.61. The van der Waals surface area contributed by atoms with Crippen molar-refractivity contribution >= 4 is 29.9 Å². The third-order valence-corrected chi connectivity index (χ3v) is 4.09. The summed E-state index contributed by atoms with van der Waals surface area (Å²) in [5.41, 5.74) is 3.87. The van der Waals surface area contributed by atoms with Crippen LogP contribution in [-0.2, 0) is 11.3 Å². The number of rotatable bonds is 2. The molecule has 110 valence electrons. The van der Waals surface area contributed by atoms with Crippen LogP contribution in [0.25, 0.3) is 4.85 Å². The minimum absolute atomic E-state index is 0.371. The number of aryl methyl sites for hydroxylation is 1. The van der Waals surface area contributed by atoms with Gasteiger partial charge in [-0.15, -0.1) is 0 Å². The Labute approximate surface area is 134 Å². The highest BCUT2D eigenvalue weighted by Gasteiger charge is 2.29. The first-order valence-electron chi connectivity index (χ1n) is 6.78. The zero-order chi connectivity index (χ0) is 15.9. The average Bonchev–Trinajstić information content (AvgIpc) is 2.84. The SMILES string of the molecule is [C-]#[N+]c1c(C)cc(Oc2ccc3c(c2C)COB3O)cc1Cl. The summed E-state index contributed by atoms with van der Waals surface area (Å²) in [7, 11) is -0.864. The van der Waals surface area contributed by atoms with Gasteiger partial charge in [0.15, 0.2) is 0 Å². The fourth-order valence-electron chi connectivity index (χ4n) is 2.57. The number of nitrogens with zero attached hydrogens (tertiary/aromatic N) is 1.